The fourth-order valence-corrected chi connectivity index (χ4v) is 3.47. The molecule has 25 heavy (non-hydrogen) atoms. The molecule has 2 aromatic rings. The first-order valence-electron chi connectivity index (χ1n) is 8.17. The van der Waals surface area contributed by atoms with Crippen molar-refractivity contribution in [3.63, 3.8) is 0 Å². The van der Waals surface area contributed by atoms with Crippen LogP contribution in [-0.2, 0) is 4.79 Å². The third-order valence-electron chi connectivity index (χ3n) is 4.38. The van der Waals surface area contributed by atoms with E-state index in [2.05, 4.69) is 0 Å². The highest BCUT2D eigenvalue weighted by atomic mass is 35.5. The van der Waals surface area contributed by atoms with E-state index in [1.807, 2.05) is 13.0 Å². The third-order valence-corrected chi connectivity index (χ3v) is 4.76. The van der Waals surface area contributed by atoms with E-state index in [1.165, 1.54) is 18.2 Å². The average Bonchev–Trinajstić information content (AvgIpc) is 2.59. The van der Waals surface area contributed by atoms with Crippen LogP contribution in [-0.4, -0.2) is 17.4 Å². The van der Waals surface area contributed by atoms with Crippen LogP contribution in [0.1, 0.15) is 36.5 Å². The normalized spacial score (nSPS) is 15.1. The van der Waals surface area contributed by atoms with Gasteiger partial charge >= 0.3 is 0 Å². The lowest BCUT2D eigenvalue weighted by Gasteiger charge is -2.32. The first-order valence-corrected chi connectivity index (χ1v) is 8.55. The quantitative estimate of drug-likeness (QED) is 0.713. The summed E-state index contributed by atoms with van der Waals surface area (Å²) in [6.07, 6.45) is 0.796. The van der Waals surface area contributed by atoms with Crippen LogP contribution in [0.25, 0.3) is 11.3 Å². The van der Waals surface area contributed by atoms with E-state index < -0.39 is 5.82 Å². The number of aryl methyl sites for hydroxylation is 1. The number of rotatable bonds is 3. The molecule has 5 heteroatoms. The van der Waals surface area contributed by atoms with Gasteiger partial charge in [-0.1, -0.05) is 11.6 Å². The Morgan fingerprint density at radius 1 is 1.12 bits per heavy atom. The Balaban J connectivity index is 2.29. The minimum atomic E-state index is -0.484. The summed E-state index contributed by atoms with van der Waals surface area (Å²) >= 11 is 6.23. The molecule has 0 radical (unpaired) electrons. The molecular weight excluding hydrogens is 344 g/mol. The van der Waals surface area contributed by atoms with Crippen molar-refractivity contribution in [2.75, 3.05) is 6.54 Å². The lowest BCUT2D eigenvalue weighted by molar-refractivity contribution is -0.128. The molecular formula is C20H18ClF2NO. The standard InChI is InChI=1S/C20H18ClF2NO/c1-3-24-18(25)9-8-15(16-10-12(2)11-17(23)19(16)21)20(24)13-4-6-14(22)7-5-13/h4-7,10-11H,3,8-9H2,1-2H3. The summed E-state index contributed by atoms with van der Waals surface area (Å²) < 4.78 is 27.5. The van der Waals surface area contributed by atoms with Gasteiger partial charge in [-0.05, 0) is 73.4 Å². The molecule has 0 fully saturated rings. The molecule has 0 saturated carbocycles. The predicted molar refractivity (Wildman–Crippen MR) is 96.0 cm³/mol. The van der Waals surface area contributed by atoms with Gasteiger partial charge in [0.05, 0.1) is 10.7 Å². The number of hydrogen-bond donors (Lipinski definition) is 0. The van der Waals surface area contributed by atoms with Gasteiger partial charge in [0.15, 0.2) is 0 Å². The van der Waals surface area contributed by atoms with Gasteiger partial charge < -0.3 is 4.90 Å². The number of hydrogen-bond acceptors (Lipinski definition) is 1. The summed E-state index contributed by atoms with van der Waals surface area (Å²) in [6, 6.07) is 9.18. The number of benzene rings is 2. The minimum absolute atomic E-state index is 0.00479. The van der Waals surface area contributed by atoms with Gasteiger partial charge in [0.25, 0.3) is 0 Å². The summed E-state index contributed by atoms with van der Waals surface area (Å²) in [5.74, 6) is -0.840. The second-order valence-electron chi connectivity index (χ2n) is 6.08. The molecule has 0 bridgehead atoms. The monoisotopic (exact) mass is 361 g/mol. The van der Waals surface area contributed by atoms with Crippen molar-refractivity contribution < 1.29 is 13.6 Å². The SMILES string of the molecule is CCN1C(=O)CCC(c2cc(C)cc(F)c2Cl)=C1c1ccc(F)cc1. The smallest absolute Gasteiger partial charge is 0.227 e. The zero-order chi connectivity index (χ0) is 18.1. The average molecular weight is 362 g/mol. The van der Waals surface area contributed by atoms with Gasteiger partial charge in [-0.2, -0.15) is 0 Å². The van der Waals surface area contributed by atoms with Crippen molar-refractivity contribution in [1.82, 2.24) is 4.90 Å². The van der Waals surface area contributed by atoms with E-state index in [1.54, 1.807) is 24.0 Å². The van der Waals surface area contributed by atoms with Gasteiger partial charge in [0.1, 0.15) is 11.6 Å². The molecule has 0 aliphatic carbocycles. The topological polar surface area (TPSA) is 20.3 Å². The van der Waals surface area contributed by atoms with Crippen LogP contribution in [0, 0.1) is 18.6 Å². The van der Waals surface area contributed by atoms with Crippen LogP contribution in [0.5, 0.6) is 0 Å². The van der Waals surface area contributed by atoms with Gasteiger partial charge in [-0.25, -0.2) is 8.78 Å². The van der Waals surface area contributed by atoms with Crippen LogP contribution < -0.4 is 0 Å². The first-order chi connectivity index (χ1) is 11.9. The van der Waals surface area contributed by atoms with E-state index in [-0.39, 0.29) is 16.7 Å². The number of halogens is 3. The second kappa shape index (κ2) is 6.96. The summed E-state index contributed by atoms with van der Waals surface area (Å²) in [5.41, 5.74) is 3.53. The number of carbonyl (C=O) groups is 1. The van der Waals surface area contributed by atoms with E-state index in [4.69, 9.17) is 11.6 Å². The molecule has 1 amide bonds. The number of amides is 1. The number of allylic oxidation sites excluding steroid dienone is 1. The Hall–Kier alpha value is -2.20. The molecule has 1 aliphatic rings. The molecule has 0 spiro atoms. The van der Waals surface area contributed by atoms with Gasteiger partial charge in [0.2, 0.25) is 5.91 Å². The Morgan fingerprint density at radius 3 is 2.44 bits per heavy atom. The van der Waals surface area contributed by atoms with Crippen molar-refractivity contribution >= 4 is 28.8 Å². The maximum Gasteiger partial charge on any atom is 0.227 e. The molecule has 0 unspecified atom stereocenters. The summed E-state index contributed by atoms with van der Waals surface area (Å²) in [5, 5.41) is 0.0469. The molecule has 2 aromatic carbocycles. The van der Waals surface area contributed by atoms with Crippen molar-refractivity contribution in [2.24, 2.45) is 0 Å². The fourth-order valence-electron chi connectivity index (χ4n) is 3.25. The largest absolute Gasteiger partial charge is 0.312 e. The van der Waals surface area contributed by atoms with Crippen molar-refractivity contribution in [3.05, 3.63) is 69.7 Å². The number of nitrogens with zero attached hydrogens (tertiary/aromatic N) is 1. The van der Waals surface area contributed by atoms with Crippen molar-refractivity contribution in [2.45, 2.75) is 26.7 Å². The summed E-state index contributed by atoms with van der Waals surface area (Å²) in [4.78, 5) is 14.0. The molecule has 130 valence electrons. The molecule has 0 saturated heterocycles. The first kappa shape index (κ1) is 17.6. The molecule has 2 nitrogen and oxygen atoms in total. The second-order valence-corrected chi connectivity index (χ2v) is 6.46. The lowest BCUT2D eigenvalue weighted by Crippen LogP contribution is -2.33. The Morgan fingerprint density at radius 2 is 1.80 bits per heavy atom. The van der Waals surface area contributed by atoms with Crippen LogP contribution in [0.15, 0.2) is 36.4 Å². The maximum absolute atomic E-state index is 14.1. The van der Waals surface area contributed by atoms with Gasteiger partial charge in [-0.15, -0.1) is 0 Å². The van der Waals surface area contributed by atoms with E-state index >= 15 is 0 Å². The van der Waals surface area contributed by atoms with Crippen LogP contribution in [0.2, 0.25) is 5.02 Å². The minimum Gasteiger partial charge on any atom is -0.312 e. The zero-order valence-corrected chi connectivity index (χ0v) is 14.8. The highest BCUT2D eigenvalue weighted by molar-refractivity contribution is 6.33. The van der Waals surface area contributed by atoms with E-state index in [0.29, 0.717) is 36.2 Å². The van der Waals surface area contributed by atoms with E-state index in [9.17, 15) is 13.6 Å². The Labute approximate surface area is 150 Å². The molecule has 0 N–H and O–H groups in total. The third kappa shape index (κ3) is 3.31. The highest BCUT2D eigenvalue weighted by Gasteiger charge is 2.29. The molecule has 3 rings (SSSR count). The van der Waals surface area contributed by atoms with E-state index in [0.717, 1.165) is 11.1 Å². The molecule has 1 aliphatic heterocycles. The molecule has 0 aromatic heterocycles. The molecule has 1 heterocycles. The fraction of sp³-hybridized carbons (Fsp3) is 0.250. The summed E-state index contributed by atoms with van der Waals surface area (Å²) in [6.45, 7) is 4.15. The van der Waals surface area contributed by atoms with Gasteiger partial charge in [-0.3, -0.25) is 4.79 Å². The summed E-state index contributed by atoms with van der Waals surface area (Å²) in [7, 11) is 0. The van der Waals surface area contributed by atoms with Crippen molar-refractivity contribution in [1.29, 1.82) is 0 Å². The molecule has 0 atom stereocenters. The number of carbonyl (C=O) groups excluding carboxylic acids is 1. The zero-order valence-electron chi connectivity index (χ0n) is 14.1. The highest BCUT2D eigenvalue weighted by Crippen LogP contribution is 2.40. The predicted octanol–water partition coefficient (Wildman–Crippen LogP) is 5.44. The maximum atomic E-state index is 14.1. The Bertz CT molecular complexity index is 859. The van der Waals surface area contributed by atoms with Crippen LogP contribution in [0.4, 0.5) is 8.78 Å². The van der Waals surface area contributed by atoms with Crippen LogP contribution >= 0.6 is 11.6 Å². The van der Waals surface area contributed by atoms with Crippen molar-refractivity contribution in [3.8, 4) is 0 Å². The van der Waals surface area contributed by atoms with Crippen LogP contribution in [0.3, 0.4) is 0 Å². The van der Waals surface area contributed by atoms with Gasteiger partial charge in [0, 0.05) is 18.5 Å². The Kier molecular flexibility index (Phi) is 4.91. The lowest BCUT2D eigenvalue weighted by atomic mass is 9.90.